The number of carbonyl (C=O) groups excluding carboxylic acids is 1. The van der Waals surface area contributed by atoms with Gasteiger partial charge in [0.1, 0.15) is 0 Å². The van der Waals surface area contributed by atoms with E-state index in [0.29, 0.717) is 0 Å². The molecule has 1 heterocycles. The molecule has 1 rings (SSSR count). The number of aromatic amines is 1. The standard InChI is InChI=1S/C12H17NO2/c1-8(5-6-12(14)15-4)11-7-9(2)13-10(11)3/h5-8,13H,1-4H3/b6-5-. The number of nitrogens with one attached hydrogen (secondary N) is 1. The first kappa shape index (κ1) is 11.6. The van der Waals surface area contributed by atoms with Crippen molar-refractivity contribution in [3.63, 3.8) is 0 Å². The van der Waals surface area contributed by atoms with Crippen LogP contribution in [-0.2, 0) is 9.53 Å². The summed E-state index contributed by atoms with van der Waals surface area (Å²) in [6.07, 6.45) is 3.31. The fourth-order valence-electron chi connectivity index (χ4n) is 1.61. The van der Waals surface area contributed by atoms with Gasteiger partial charge in [0.15, 0.2) is 0 Å². The van der Waals surface area contributed by atoms with Gasteiger partial charge in [0.25, 0.3) is 0 Å². The maximum Gasteiger partial charge on any atom is 0.330 e. The number of carbonyl (C=O) groups is 1. The predicted molar refractivity (Wildman–Crippen MR) is 59.8 cm³/mol. The average Bonchev–Trinajstić information content (AvgIpc) is 2.53. The molecule has 0 radical (unpaired) electrons. The number of aromatic nitrogens is 1. The summed E-state index contributed by atoms with van der Waals surface area (Å²) < 4.78 is 4.54. The van der Waals surface area contributed by atoms with E-state index in [4.69, 9.17) is 0 Å². The number of methoxy groups -OCH3 is 1. The average molecular weight is 207 g/mol. The van der Waals surface area contributed by atoms with Crippen LogP contribution in [0.4, 0.5) is 0 Å². The van der Waals surface area contributed by atoms with Crippen LogP contribution in [0.1, 0.15) is 29.8 Å². The summed E-state index contributed by atoms with van der Waals surface area (Å²) in [5.74, 6) is -0.0965. The summed E-state index contributed by atoms with van der Waals surface area (Å²) in [5, 5.41) is 0. The van der Waals surface area contributed by atoms with Crippen LogP contribution >= 0.6 is 0 Å². The van der Waals surface area contributed by atoms with Crippen molar-refractivity contribution in [2.75, 3.05) is 7.11 Å². The normalized spacial score (nSPS) is 13.1. The first-order valence-electron chi connectivity index (χ1n) is 4.97. The van der Waals surface area contributed by atoms with Crippen molar-refractivity contribution >= 4 is 5.97 Å². The zero-order chi connectivity index (χ0) is 11.4. The van der Waals surface area contributed by atoms with Gasteiger partial charge in [-0.15, -0.1) is 0 Å². The maximum atomic E-state index is 10.9. The quantitative estimate of drug-likeness (QED) is 0.611. The van der Waals surface area contributed by atoms with Gasteiger partial charge in [-0.25, -0.2) is 4.79 Å². The molecule has 0 spiro atoms. The molecule has 0 saturated heterocycles. The number of allylic oxidation sites excluding steroid dienone is 1. The second kappa shape index (κ2) is 4.82. The predicted octanol–water partition coefficient (Wildman–Crippen LogP) is 2.46. The van der Waals surface area contributed by atoms with E-state index in [0.717, 1.165) is 11.4 Å². The van der Waals surface area contributed by atoms with Crippen LogP contribution in [0.5, 0.6) is 0 Å². The van der Waals surface area contributed by atoms with Gasteiger partial charge < -0.3 is 9.72 Å². The summed E-state index contributed by atoms with van der Waals surface area (Å²) in [6, 6.07) is 2.10. The molecule has 0 bridgehead atoms. The molecule has 3 heteroatoms. The summed E-state index contributed by atoms with van der Waals surface area (Å²) in [4.78, 5) is 14.2. The van der Waals surface area contributed by atoms with Gasteiger partial charge in [0.2, 0.25) is 0 Å². The molecule has 82 valence electrons. The SMILES string of the molecule is COC(=O)/C=C\C(C)c1cc(C)[nH]c1C. The lowest BCUT2D eigenvalue weighted by atomic mass is 10.0. The van der Waals surface area contributed by atoms with Gasteiger partial charge in [0, 0.05) is 23.4 Å². The van der Waals surface area contributed by atoms with E-state index in [1.54, 1.807) is 0 Å². The minimum Gasteiger partial charge on any atom is -0.466 e. The number of rotatable bonds is 3. The molecule has 0 fully saturated rings. The minimum atomic E-state index is -0.313. The number of aryl methyl sites for hydroxylation is 2. The minimum absolute atomic E-state index is 0.217. The first-order valence-corrected chi connectivity index (χ1v) is 4.97. The van der Waals surface area contributed by atoms with Crippen molar-refractivity contribution in [1.29, 1.82) is 0 Å². The highest BCUT2D eigenvalue weighted by Crippen LogP contribution is 2.21. The molecule has 1 unspecified atom stereocenters. The molecule has 0 aliphatic carbocycles. The van der Waals surface area contributed by atoms with Crippen LogP contribution in [0.2, 0.25) is 0 Å². The Morgan fingerprint density at radius 1 is 1.53 bits per heavy atom. The monoisotopic (exact) mass is 207 g/mol. The second-order valence-electron chi connectivity index (χ2n) is 3.70. The van der Waals surface area contributed by atoms with Gasteiger partial charge in [-0.3, -0.25) is 0 Å². The van der Waals surface area contributed by atoms with E-state index in [2.05, 4.69) is 22.7 Å². The summed E-state index contributed by atoms with van der Waals surface area (Å²) >= 11 is 0. The number of hydrogen-bond acceptors (Lipinski definition) is 2. The zero-order valence-corrected chi connectivity index (χ0v) is 9.63. The van der Waals surface area contributed by atoms with Crippen molar-refractivity contribution in [1.82, 2.24) is 4.98 Å². The van der Waals surface area contributed by atoms with E-state index in [9.17, 15) is 4.79 Å². The lowest BCUT2D eigenvalue weighted by Crippen LogP contribution is -1.96. The molecule has 1 N–H and O–H groups in total. The molecular weight excluding hydrogens is 190 g/mol. The molecule has 3 nitrogen and oxygen atoms in total. The maximum absolute atomic E-state index is 10.9. The molecule has 15 heavy (non-hydrogen) atoms. The highest BCUT2D eigenvalue weighted by atomic mass is 16.5. The Balaban J connectivity index is 2.77. The third-order valence-corrected chi connectivity index (χ3v) is 2.40. The molecule has 1 aromatic rings. The number of esters is 1. The highest BCUT2D eigenvalue weighted by Gasteiger charge is 2.08. The van der Waals surface area contributed by atoms with Crippen LogP contribution in [0.25, 0.3) is 0 Å². The molecule has 0 aliphatic rings. The lowest BCUT2D eigenvalue weighted by Gasteiger charge is -2.04. The third-order valence-electron chi connectivity index (χ3n) is 2.40. The van der Waals surface area contributed by atoms with E-state index in [1.807, 2.05) is 19.9 Å². The van der Waals surface area contributed by atoms with Crippen LogP contribution in [0.15, 0.2) is 18.2 Å². The molecule has 1 aromatic heterocycles. The van der Waals surface area contributed by atoms with Gasteiger partial charge in [-0.05, 0) is 25.5 Å². The first-order chi connectivity index (χ1) is 7.04. The van der Waals surface area contributed by atoms with E-state index >= 15 is 0 Å². The van der Waals surface area contributed by atoms with Crippen LogP contribution < -0.4 is 0 Å². The molecule has 0 aromatic carbocycles. The highest BCUT2D eigenvalue weighted by molar-refractivity contribution is 5.81. The van der Waals surface area contributed by atoms with E-state index in [-0.39, 0.29) is 11.9 Å². The zero-order valence-electron chi connectivity index (χ0n) is 9.63. The van der Waals surface area contributed by atoms with Crippen molar-refractivity contribution in [2.24, 2.45) is 0 Å². The molecule has 0 amide bonds. The second-order valence-corrected chi connectivity index (χ2v) is 3.70. The molecule has 0 saturated carbocycles. The van der Waals surface area contributed by atoms with Crippen molar-refractivity contribution in [2.45, 2.75) is 26.7 Å². The molecular formula is C12H17NO2. The Hall–Kier alpha value is -1.51. The Morgan fingerprint density at radius 3 is 2.67 bits per heavy atom. The van der Waals surface area contributed by atoms with Crippen molar-refractivity contribution in [3.05, 3.63) is 35.2 Å². The number of hydrogen-bond donors (Lipinski definition) is 1. The Bertz CT molecular complexity index is 377. The Kier molecular flexibility index (Phi) is 3.72. The van der Waals surface area contributed by atoms with E-state index in [1.165, 1.54) is 18.7 Å². The fraction of sp³-hybridized carbons (Fsp3) is 0.417. The summed E-state index contributed by atoms with van der Waals surface area (Å²) in [7, 11) is 1.38. The van der Waals surface area contributed by atoms with Gasteiger partial charge in [-0.1, -0.05) is 13.0 Å². The fourth-order valence-corrected chi connectivity index (χ4v) is 1.61. The van der Waals surface area contributed by atoms with Gasteiger partial charge in [-0.2, -0.15) is 0 Å². The Labute approximate surface area is 90.1 Å². The van der Waals surface area contributed by atoms with E-state index < -0.39 is 0 Å². The van der Waals surface area contributed by atoms with Gasteiger partial charge >= 0.3 is 5.97 Å². The summed E-state index contributed by atoms with van der Waals surface area (Å²) in [6.45, 7) is 6.10. The smallest absolute Gasteiger partial charge is 0.330 e. The van der Waals surface area contributed by atoms with Crippen LogP contribution in [-0.4, -0.2) is 18.1 Å². The molecule has 0 aliphatic heterocycles. The lowest BCUT2D eigenvalue weighted by molar-refractivity contribution is -0.134. The third kappa shape index (κ3) is 2.98. The van der Waals surface area contributed by atoms with Crippen LogP contribution in [0, 0.1) is 13.8 Å². The topological polar surface area (TPSA) is 42.1 Å². The van der Waals surface area contributed by atoms with Crippen molar-refractivity contribution in [3.8, 4) is 0 Å². The largest absolute Gasteiger partial charge is 0.466 e. The van der Waals surface area contributed by atoms with Gasteiger partial charge in [0.05, 0.1) is 7.11 Å². The number of ether oxygens (including phenoxy) is 1. The Morgan fingerprint density at radius 2 is 2.20 bits per heavy atom. The number of H-pyrrole nitrogens is 1. The molecule has 1 atom stereocenters. The van der Waals surface area contributed by atoms with Crippen LogP contribution in [0.3, 0.4) is 0 Å². The summed E-state index contributed by atoms with van der Waals surface area (Å²) in [5.41, 5.74) is 3.50. The van der Waals surface area contributed by atoms with Crippen molar-refractivity contribution < 1.29 is 9.53 Å².